The summed E-state index contributed by atoms with van der Waals surface area (Å²) in [5.41, 5.74) is 2.25. The second kappa shape index (κ2) is 13.7. The molecule has 0 atom stereocenters. The van der Waals surface area contributed by atoms with E-state index in [4.69, 9.17) is 11.6 Å². The highest BCUT2D eigenvalue weighted by molar-refractivity contribution is 7.13. The number of amides is 3. The molecule has 8 nitrogen and oxygen atoms in total. The first-order chi connectivity index (χ1) is 18.8. The molecule has 0 saturated carbocycles. The second-order valence-electron chi connectivity index (χ2n) is 9.98. The molecule has 1 aliphatic heterocycles. The largest absolute Gasteiger partial charge is 0.353 e. The number of piperidine rings is 1. The number of carbonyl (C=O) groups excluding carboxylic acids is 3. The van der Waals surface area contributed by atoms with E-state index < -0.39 is 0 Å². The van der Waals surface area contributed by atoms with Crippen molar-refractivity contribution in [1.82, 2.24) is 20.1 Å². The van der Waals surface area contributed by atoms with E-state index >= 15 is 0 Å². The summed E-state index contributed by atoms with van der Waals surface area (Å²) in [7, 11) is 0. The molecule has 0 bridgehead atoms. The van der Waals surface area contributed by atoms with Gasteiger partial charge >= 0.3 is 0 Å². The number of aromatic nitrogens is 1. The predicted molar refractivity (Wildman–Crippen MR) is 155 cm³/mol. The van der Waals surface area contributed by atoms with E-state index in [2.05, 4.69) is 44.8 Å². The Hall–Kier alpha value is -3.27. The van der Waals surface area contributed by atoms with Crippen LogP contribution < -0.4 is 10.6 Å². The number of thiazole rings is 1. The highest BCUT2D eigenvalue weighted by Crippen LogP contribution is 2.20. The Morgan fingerprint density at radius 2 is 1.74 bits per heavy atom. The summed E-state index contributed by atoms with van der Waals surface area (Å²) < 4.78 is 0. The molecule has 3 amide bonds. The molecule has 0 aliphatic carbocycles. The molecular formula is C29H34ClN5O3S. The molecule has 206 valence electrons. The van der Waals surface area contributed by atoms with Crippen molar-refractivity contribution >= 4 is 45.8 Å². The first kappa shape index (κ1) is 28.7. The fourth-order valence-electron chi connectivity index (χ4n) is 4.56. The SMILES string of the molecule is CC(C)N(CC(=O)Nc1nc(CC(=O)NC2CCN(Cc3ccccc3)CC2)cs1)C(=O)c1ccccc1Cl. The van der Waals surface area contributed by atoms with Crippen molar-refractivity contribution < 1.29 is 14.4 Å². The van der Waals surface area contributed by atoms with Gasteiger partial charge in [0.1, 0.15) is 6.54 Å². The first-order valence-corrected chi connectivity index (χ1v) is 14.4. The van der Waals surface area contributed by atoms with Crippen LogP contribution in [0.2, 0.25) is 5.02 Å². The topological polar surface area (TPSA) is 94.6 Å². The van der Waals surface area contributed by atoms with Gasteiger partial charge in [0.25, 0.3) is 5.91 Å². The number of nitrogens with zero attached hydrogens (tertiary/aromatic N) is 3. The van der Waals surface area contributed by atoms with Gasteiger partial charge in [-0.15, -0.1) is 11.3 Å². The van der Waals surface area contributed by atoms with Gasteiger partial charge in [-0.25, -0.2) is 4.98 Å². The van der Waals surface area contributed by atoms with Gasteiger partial charge in [0.15, 0.2) is 5.13 Å². The molecule has 2 heterocycles. The van der Waals surface area contributed by atoms with E-state index in [1.165, 1.54) is 21.8 Å². The molecule has 1 aliphatic rings. The number of halogens is 1. The summed E-state index contributed by atoms with van der Waals surface area (Å²) >= 11 is 7.44. The predicted octanol–water partition coefficient (Wildman–Crippen LogP) is 4.61. The zero-order chi connectivity index (χ0) is 27.8. The highest BCUT2D eigenvalue weighted by atomic mass is 35.5. The molecule has 0 spiro atoms. The number of benzene rings is 2. The minimum atomic E-state index is -0.364. The fraction of sp³-hybridized carbons (Fsp3) is 0.379. The third kappa shape index (κ3) is 8.36. The molecule has 1 fully saturated rings. The Labute approximate surface area is 238 Å². The molecule has 1 saturated heterocycles. The first-order valence-electron chi connectivity index (χ1n) is 13.1. The number of hydrogen-bond donors (Lipinski definition) is 2. The van der Waals surface area contributed by atoms with E-state index in [9.17, 15) is 14.4 Å². The van der Waals surface area contributed by atoms with E-state index in [0.29, 0.717) is 21.4 Å². The molecule has 0 unspecified atom stereocenters. The van der Waals surface area contributed by atoms with Crippen molar-refractivity contribution in [2.24, 2.45) is 0 Å². The zero-order valence-electron chi connectivity index (χ0n) is 22.2. The minimum absolute atomic E-state index is 0.0731. The summed E-state index contributed by atoms with van der Waals surface area (Å²) in [6.45, 7) is 6.36. The summed E-state index contributed by atoms with van der Waals surface area (Å²) in [6, 6.07) is 17.1. The van der Waals surface area contributed by atoms with Crippen molar-refractivity contribution in [3.8, 4) is 0 Å². The average Bonchev–Trinajstić information content (AvgIpc) is 3.35. The fourth-order valence-corrected chi connectivity index (χ4v) is 5.50. The third-order valence-corrected chi connectivity index (χ3v) is 7.78. The number of rotatable bonds is 10. The van der Waals surface area contributed by atoms with E-state index in [1.54, 1.807) is 29.6 Å². The van der Waals surface area contributed by atoms with Crippen molar-refractivity contribution in [3.05, 3.63) is 81.8 Å². The smallest absolute Gasteiger partial charge is 0.256 e. The van der Waals surface area contributed by atoms with E-state index in [0.717, 1.165) is 32.5 Å². The Morgan fingerprint density at radius 3 is 2.44 bits per heavy atom. The van der Waals surface area contributed by atoms with Crippen LogP contribution in [0.1, 0.15) is 48.3 Å². The van der Waals surface area contributed by atoms with Crippen LogP contribution in [-0.4, -0.2) is 64.2 Å². The van der Waals surface area contributed by atoms with Gasteiger partial charge in [-0.2, -0.15) is 0 Å². The Morgan fingerprint density at radius 1 is 1.05 bits per heavy atom. The van der Waals surface area contributed by atoms with Crippen LogP contribution in [-0.2, 0) is 22.6 Å². The van der Waals surface area contributed by atoms with Crippen LogP contribution in [0.15, 0.2) is 60.0 Å². The Balaban J connectivity index is 1.22. The maximum Gasteiger partial charge on any atom is 0.256 e. The Kier molecular flexibility index (Phi) is 10.1. The van der Waals surface area contributed by atoms with Crippen molar-refractivity contribution in [2.45, 2.75) is 51.7 Å². The lowest BCUT2D eigenvalue weighted by molar-refractivity contribution is -0.121. The maximum atomic E-state index is 13.0. The lowest BCUT2D eigenvalue weighted by atomic mass is 10.0. The molecule has 39 heavy (non-hydrogen) atoms. The van der Waals surface area contributed by atoms with Gasteiger partial charge in [0, 0.05) is 37.1 Å². The van der Waals surface area contributed by atoms with Crippen LogP contribution in [0.3, 0.4) is 0 Å². The number of carbonyl (C=O) groups is 3. The molecule has 1 aromatic heterocycles. The lowest BCUT2D eigenvalue weighted by Crippen LogP contribution is -2.44. The van der Waals surface area contributed by atoms with Crippen molar-refractivity contribution in [3.63, 3.8) is 0 Å². The van der Waals surface area contributed by atoms with Gasteiger partial charge in [0.2, 0.25) is 11.8 Å². The third-order valence-electron chi connectivity index (χ3n) is 6.64. The summed E-state index contributed by atoms with van der Waals surface area (Å²) in [5.74, 6) is -0.749. The molecule has 0 radical (unpaired) electrons. The molecule has 10 heteroatoms. The molecule has 3 aromatic rings. The molecular weight excluding hydrogens is 534 g/mol. The van der Waals surface area contributed by atoms with Crippen LogP contribution in [0.4, 0.5) is 5.13 Å². The summed E-state index contributed by atoms with van der Waals surface area (Å²) in [6.07, 6.45) is 1.98. The summed E-state index contributed by atoms with van der Waals surface area (Å²) in [4.78, 5) is 46.6. The second-order valence-corrected chi connectivity index (χ2v) is 11.2. The van der Waals surface area contributed by atoms with Gasteiger partial charge < -0.3 is 15.5 Å². The van der Waals surface area contributed by atoms with Gasteiger partial charge in [-0.1, -0.05) is 54.1 Å². The molecule has 2 N–H and O–H groups in total. The number of likely N-dealkylation sites (tertiary alicyclic amines) is 1. The standard InChI is InChI=1S/C29H34ClN5O3S/c1-20(2)35(28(38)24-10-6-7-11-25(24)30)18-27(37)33-29-32-23(19-39-29)16-26(36)31-22-12-14-34(15-13-22)17-21-8-4-3-5-9-21/h3-11,19-20,22H,12-18H2,1-2H3,(H,31,36)(H,32,33,37). The van der Waals surface area contributed by atoms with Crippen LogP contribution in [0, 0.1) is 0 Å². The number of hydrogen-bond acceptors (Lipinski definition) is 6. The van der Waals surface area contributed by atoms with Crippen LogP contribution in [0.25, 0.3) is 0 Å². The Bertz CT molecular complexity index is 1270. The highest BCUT2D eigenvalue weighted by Gasteiger charge is 2.24. The van der Waals surface area contributed by atoms with Crippen LogP contribution in [0.5, 0.6) is 0 Å². The zero-order valence-corrected chi connectivity index (χ0v) is 23.8. The van der Waals surface area contributed by atoms with Crippen molar-refractivity contribution in [1.29, 1.82) is 0 Å². The monoisotopic (exact) mass is 567 g/mol. The van der Waals surface area contributed by atoms with Crippen molar-refractivity contribution in [2.75, 3.05) is 25.0 Å². The van der Waals surface area contributed by atoms with Gasteiger partial charge in [-0.05, 0) is 44.4 Å². The van der Waals surface area contributed by atoms with E-state index in [-0.39, 0.29) is 42.8 Å². The minimum Gasteiger partial charge on any atom is -0.353 e. The lowest BCUT2D eigenvalue weighted by Gasteiger charge is -2.32. The maximum absolute atomic E-state index is 13.0. The van der Waals surface area contributed by atoms with Gasteiger partial charge in [-0.3, -0.25) is 19.3 Å². The molecule has 4 rings (SSSR count). The van der Waals surface area contributed by atoms with Crippen LogP contribution >= 0.6 is 22.9 Å². The summed E-state index contributed by atoms with van der Waals surface area (Å²) in [5, 5.41) is 8.39. The van der Waals surface area contributed by atoms with E-state index in [1.807, 2.05) is 19.9 Å². The normalized spacial score (nSPS) is 14.3. The quantitative estimate of drug-likeness (QED) is 0.373. The van der Waals surface area contributed by atoms with Gasteiger partial charge in [0.05, 0.1) is 22.7 Å². The number of anilines is 1. The molecule has 2 aromatic carbocycles. The number of nitrogens with one attached hydrogen (secondary N) is 2. The average molecular weight is 568 g/mol.